The Labute approximate surface area is 362 Å². The zero-order valence-electron chi connectivity index (χ0n) is 34.6. The molecule has 6 aromatic rings. The standard InChI is InChI=1S/C15H15Cl2N3O2.C15H17N3O2.C7H6F2.C7H7F.C2H6/c16-15(17)4-1-2-8(7-15)10-6-11(21)12-9(20-10)3-5-19-13(12)14(18)22;16-15(20)14-13-10(6-7-17-14)18-11(8-12(13)19)9-4-2-1-3-5-9;1-5-3-2-4-6(8)7(5)9;1-6-3-2-4-7(8)5-6;1-2/h3,5-6,8H,1-2,4,7H2,(H2,18,22)(H,20,21);6-9H,1-5H2,(H2,16,20)(H,18,19);2-4H,1H3;2-5H,1H3;1-2H3/t8-;;;;/m0..../s1. The third kappa shape index (κ3) is 13.2. The molecule has 0 spiro atoms. The number of alkyl halides is 2. The number of aromatic amines is 2. The molecular formula is C46H51Cl2F3N6O4. The van der Waals surface area contributed by atoms with Gasteiger partial charge in [0.1, 0.15) is 21.5 Å². The molecule has 0 saturated heterocycles. The monoisotopic (exact) mass is 878 g/mol. The Morgan fingerprint density at radius 3 is 1.66 bits per heavy atom. The summed E-state index contributed by atoms with van der Waals surface area (Å²) in [5, 5.41) is 0.511. The van der Waals surface area contributed by atoms with Gasteiger partial charge in [-0.25, -0.2) is 13.2 Å². The minimum atomic E-state index is -0.782. The van der Waals surface area contributed by atoms with Gasteiger partial charge in [0, 0.05) is 41.8 Å². The molecule has 2 aliphatic carbocycles. The number of fused-ring (bicyclic) bond motifs is 2. The predicted molar refractivity (Wildman–Crippen MR) is 237 cm³/mol. The summed E-state index contributed by atoms with van der Waals surface area (Å²) in [7, 11) is 0. The van der Waals surface area contributed by atoms with Gasteiger partial charge in [0.2, 0.25) is 0 Å². The highest BCUT2D eigenvalue weighted by atomic mass is 35.5. The van der Waals surface area contributed by atoms with E-state index in [1.54, 1.807) is 24.3 Å². The molecule has 4 heterocycles. The molecule has 10 nitrogen and oxygen atoms in total. The lowest BCUT2D eigenvalue weighted by atomic mass is 9.85. The minimum absolute atomic E-state index is 0.0158. The van der Waals surface area contributed by atoms with Crippen LogP contribution in [0.3, 0.4) is 0 Å². The van der Waals surface area contributed by atoms with Crippen LogP contribution in [0.15, 0.2) is 88.7 Å². The Morgan fingerprint density at radius 1 is 0.705 bits per heavy atom. The molecule has 6 N–H and O–H groups in total. The van der Waals surface area contributed by atoms with Gasteiger partial charge in [-0.3, -0.25) is 29.1 Å². The summed E-state index contributed by atoms with van der Waals surface area (Å²) in [5.41, 5.74) is 14.4. The van der Waals surface area contributed by atoms with Crippen LogP contribution in [0.2, 0.25) is 0 Å². The highest BCUT2D eigenvalue weighted by Gasteiger charge is 2.34. The van der Waals surface area contributed by atoms with Crippen LogP contribution >= 0.6 is 23.2 Å². The summed E-state index contributed by atoms with van der Waals surface area (Å²) in [4.78, 5) is 61.8. The van der Waals surface area contributed by atoms with Crippen molar-refractivity contribution in [1.29, 1.82) is 0 Å². The fourth-order valence-corrected chi connectivity index (χ4v) is 7.96. The smallest absolute Gasteiger partial charge is 0.268 e. The average molecular weight is 880 g/mol. The molecule has 1 atom stereocenters. The van der Waals surface area contributed by atoms with Crippen LogP contribution in [-0.4, -0.2) is 36.1 Å². The fraction of sp³-hybridized carbons (Fsp3) is 0.348. The number of primary amides is 2. The van der Waals surface area contributed by atoms with Gasteiger partial charge in [0.25, 0.3) is 11.8 Å². The summed E-state index contributed by atoms with van der Waals surface area (Å²) >= 11 is 12.5. The Balaban J connectivity index is 0.000000191. The van der Waals surface area contributed by atoms with Gasteiger partial charge in [-0.1, -0.05) is 57.4 Å². The molecular weight excluding hydrogens is 828 g/mol. The van der Waals surface area contributed by atoms with Crippen molar-refractivity contribution < 1.29 is 22.8 Å². The molecule has 61 heavy (non-hydrogen) atoms. The molecule has 2 aromatic carbocycles. The number of halogens is 5. The first kappa shape index (κ1) is 48.1. The second-order valence-electron chi connectivity index (χ2n) is 14.7. The van der Waals surface area contributed by atoms with E-state index in [4.69, 9.17) is 34.7 Å². The highest BCUT2D eigenvalue weighted by Crippen LogP contribution is 2.44. The first-order chi connectivity index (χ1) is 29.0. The van der Waals surface area contributed by atoms with E-state index in [1.807, 2.05) is 26.8 Å². The van der Waals surface area contributed by atoms with Gasteiger partial charge in [0.15, 0.2) is 22.5 Å². The van der Waals surface area contributed by atoms with Crippen molar-refractivity contribution in [3.05, 3.63) is 151 Å². The maximum Gasteiger partial charge on any atom is 0.268 e. The number of H-pyrrole nitrogens is 2. The van der Waals surface area contributed by atoms with Crippen molar-refractivity contribution in [3.63, 3.8) is 0 Å². The Bertz CT molecular complexity index is 2540. The van der Waals surface area contributed by atoms with Crippen LogP contribution in [0, 0.1) is 31.3 Å². The number of carbonyl (C=O) groups is 2. The maximum absolute atomic E-state index is 12.4. The van der Waals surface area contributed by atoms with Gasteiger partial charge in [0.05, 0.1) is 21.8 Å². The second-order valence-corrected chi connectivity index (χ2v) is 16.4. The fourth-order valence-electron chi connectivity index (χ4n) is 7.32. The number of rotatable bonds is 4. The summed E-state index contributed by atoms with van der Waals surface area (Å²) in [6, 6.07) is 17.1. The number of aryl methyl sites for hydroxylation is 2. The van der Waals surface area contributed by atoms with E-state index in [-0.39, 0.29) is 39.4 Å². The number of nitrogens with two attached hydrogens (primary N) is 2. The Kier molecular flexibility index (Phi) is 17.6. The zero-order valence-corrected chi connectivity index (χ0v) is 36.1. The average Bonchev–Trinajstić information content (AvgIpc) is 3.23. The van der Waals surface area contributed by atoms with Crippen LogP contribution in [0.1, 0.15) is 127 Å². The Morgan fingerprint density at radius 2 is 1.21 bits per heavy atom. The third-order valence-electron chi connectivity index (χ3n) is 10.2. The van der Waals surface area contributed by atoms with Crippen LogP contribution in [-0.2, 0) is 0 Å². The van der Waals surface area contributed by atoms with Crippen molar-refractivity contribution in [2.24, 2.45) is 11.5 Å². The van der Waals surface area contributed by atoms with Crippen molar-refractivity contribution in [1.82, 2.24) is 19.9 Å². The number of nitrogens with one attached hydrogen (secondary N) is 2. The van der Waals surface area contributed by atoms with E-state index >= 15 is 0 Å². The van der Waals surface area contributed by atoms with Crippen LogP contribution in [0.25, 0.3) is 21.8 Å². The van der Waals surface area contributed by atoms with Crippen molar-refractivity contribution in [3.8, 4) is 0 Å². The molecule has 0 aliphatic heterocycles. The largest absolute Gasteiger partial charge is 0.364 e. The number of aromatic nitrogens is 4. The zero-order chi connectivity index (χ0) is 44.9. The number of hydrogen-bond acceptors (Lipinski definition) is 6. The van der Waals surface area contributed by atoms with Crippen LogP contribution in [0.4, 0.5) is 13.2 Å². The van der Waals surface area contributed by atoms with Crippen molar-refractivity contribution >= 4 is 56.8 Å². The number of pyridine rings is 4. The van der Waals surface area contributed by atoms with Gasteiger partial charge >= 0.3 is 0 Å². The van der Waals surface area contributed by atoms with Gasteiger partial charge < -0.3 is 21.4 Å². The quantitative estimate of drug-likeness (QED) is 0.128. The molecule has 324 valence electrons. The van der Waals surface area contributed by atoms with Gasteiger partial charge in [-0.05, 0) is 99.7 Å². The molecule has 0 unspecified atom stereocenters. The molecule has 0 bridgehead atoms. The lowest BCUT2D eigenvalue weighted by Crippen LogP contribution is -2.24. The lowest BCUT2D eigenvalue weighted by molar-refractivity contribution is 0.0989. The summed E-state index contributed by atoms with van der Waals surface area (Å²) in [6.45, 7) is 7.39. The third-order valence-corrected chi connectivity index (χ3v) is 10.9. The van der Waals surface area contributed by atoms with E-state index < -0.39 is 27.8 Å². The molecule has 0 radical (unpaired) electrons. The number of nitrogens with zero attached hydrogens (tertiary/aromatic N) is 2. The van der Waals surface area contributed by atoms with Crippen LogP contribution < -0.4 is 22.3 Å². The van der Waals surface area contributed by atoms with Crippen molar-refractivity contribution in [2.45, 2.75) is 102 Å². The number of carbonyl (C=O) groups excluding carboxylic acids is 2. The molecule has 4 aromatic heterocycles. The highest BCUT2D eigenvalue weighted by molar-refractivity contribution is 6.48. The number of hydrogen-bond donors (Lipinski definition) is 4. The van der Waals surface area contributed by atoms with E-state index in [0.717, 1.165) is 55.1 Å². The van der Waals surface area contributed by atoms with Crippen molar-refractivity contribution in [2.75, 3.05) is 0 Å². The van der Waals surface area contributed by atoms with E-state index in [9.17, 15) is 32.3 Å². The molecule has 15 heteroatoms. The van der Waals surface area contributed by atoms with Gasteiger partial charge in [-0.15, -0.1) is 23.2 Å². The topological polar surface area (TPSA) is 178 Å². The first-order valence-electron chi connectivity index (χ1n) is 20.2. The molecule has 2 amide bonds. The normalized spacial score (nSPS) is 15.7. The molecule has 2 saturated carbocycles. The summed E-state index contributed by atoms with van der Waals surface area (Å²) < 4.78 is 36.0. The van der Waals surface area contributed by atoms with E-state index in [1.165, 1.54) is 68.9 Å². The number of amides is 2. The molecule has 2 fully saturated rings. The maximum atomic E-state index is 12.4. The summed E-state index contributed by atoms with van der Waals surface area (Å²) in [6.07, 6.45) is 12.0. The van der Waals surface area contributed by atoms with E-state index in [2.05, 4.69) is 19.9 Å². The van der Waals surface area contributed by atoms with E-state index in [0.29, 0.717) is 34.3 Å². The SMILES string of the molecule is CC.Cc1cccc(F)c1.Cc1cccc(F)c1F.NC(=O)c1nccc2[nH]c(C3CCCCC3)cc(=O)c12.NC(=O)c1nccc2[nH]c([C@H]3CCCC(Cl)(Cl)C3)cc(=O)c12. The number of benzene rings is 2. The second kappa shape index (κ2) is 22.4. The minimum Gasteiger partial charge on any atom is -0.364 e. The van der Waals surface area contributed by atoms with Crippen LogP contribution in [0.5, 0.6) is 0 Å². The first-order valence-corrected chi connectivity index (χ1v) is 20.9. The predicted octanol–water partition coefficient (Wildman–Crippen LogP) is 10.4. The Hall–Kier alpha value is -5.53. The van der Waals surface area contributed by atoms with Gasteiger partial charge in [-0.2, -0.15) is 0 Å². The lowest BCUT2D eigenvalue weighted by Gasteiger charge is -2.31. The molecule has 2 aliphatic rings. The summed E-state index contributed by atoms with van der Waals surface area (Å²) in [5.74, 6) is -2.59. The molecule has 8 rings (SSSR count).